The molecule has 0 saturated carbocycles. The van der Waals surface area contributed by atoms with Crippen LogP contribution < -0.4 is 5.32 Å². The van der Waals surface area contributed by atoms with Crippen LogP contribution in [0.3, 0.4) is 0 Å². The van der Waals surface area contributed by atoms with E-state index in [2.05, 4.69) is 49.5 Å². The molecular weight excluding hydrogens is 146 g/mol. The molecule has 0 saturated heterocycles. The normalized spacial score (nSPS) is 20.8. The molecule has 0 amide bonds. The van der Waals surface area contributed by atoms with Crippen molar-refractivity contribution >= 4 is 11.8 Å². The third-order valence-electron chi connectivity index (χ3n) is 2.40. The minimum absolute atomic E-state index is 0.472. The number of hydrogen-bond donors (Lipinski definition) is 1. The van der Waals surface area contributed by atoms with Gasteiger partial charge in [0.1, 0.15) is 0 Å². The molecule has 0 radical (unpaired) electrons. The van der Waals surface area contributed by atoms with Crippen molar-refractivity contribution in [1.29, 1.82) is 0 Å². The van der Waals surface area contributed by atoms with E-state index in [1.165, 1.54) is 16.8 Å². The van der Waals surface area contributed by atoms with E-state index in [0.29, 0.717) is 6.04 Å². The summed E-state index contributed by atoms with van der Waals surface area (Å²) in [5.74, 6) is 0. The van der Waals surface area contributed by atoms with Gasteiger partial charge in [-0.3, -0.25) is 0 Å². The molecule has 1 nitrogen and oxygen atoms in total. The highest BCUT2D eigenvalue weighted by atomic mass is 14.9. The zero-order chi connectivity index (χ0) is 8.55. The van der Waals surface area contributed by atoms with Crippen LogP contribution >= 0.6 is 0 Å². The average molecular weight is 159 g/mol. The number of rotatable bonds is 0. The topological polar surface area (TPSA) is 12.0 Å². The van der Waals surface area contributed by atoms with E-state index in [1.807, 2.05) is 0 Å². The van der Waals surface area contributed by atoms with Crippen LogP contribution in [0.15, 0.2) is 29.8 Å². The smallest absolute Gasteiger partial charge is 0.0446 e. The molecule has 1 atom stereocenters. The summed E-state index contributed by atoms with van der Waals surface area (Å²) < 4.78 is 0. The lowest BCUT2D eigenvalue weighted by Crippen LogP contribution is -2.19. The zero-order valence-electron chi connectivity index (χ0n) is 7.46. The highest BCUT2D eigenvalue weighted by Gasteiger charge is 2.11. The molecule has 1 aliphatic heterocycles. The van der Waals surface area contributed by atoms with E-state index in [0.717, 1.165) is 0 Å². The van der Waals surface area contributed by atoms with Crippen LogP contribution in [-0.4, -0.2) is 6.04 Å². The maximum absolute atomic E-state index is 3.44. The van der Waals surface area contributed by atoms with E-state index in [1.54, 1.807) is 0 Å². The number of para-hydroxylation sites is 1. The number of nitrogens with one attached hydrogen (secondary N) is 1. The molecule has 0 bridgehead atoms. The summed E-state index contributed by atoms with van der Waals surface area (Å²) in [5.41, 5.74) is 3.94. The van der Waals surface area contributed by atoms with E-state index in [-0.39, 0.29) is 0 Å². The van der Waals surface area contributed by atoms with E-state index in [4.69, 9.17) is 0 Å². The van der Waals surface area contributed by atoms with Crippen molar-refractivity contribution in [1.82, 2.24) is 0 Å². The van der Waals surface area contributed by atoms with Crippen molar-refractivity contribution in [2.75, 3.05) is 5.32 Å². The molecule has 0 aliphatic carbocycles. The van der Waals surface area contributed by atoms with Gasteiger partial charge in [0.15, 0.2) is 0 Å². The molecular formula is C11H13N. The Morgan fingerprint density at radius 2 is 2.00 bits per heavy atom. The Morgan fingerprint density at radius 3 is 2.83 bits per heavy atom. The molecule has 1 aromatic rings. The first-order valence-corrected chi connectivity index (χ1v) is 4.31. The summed E-state index contributed by atoms with van der Waals surface area (Å²) >= 11 is 0. The molecule has 1 aromatic carbocycles. The standard InChI is InChI=1S/C11H13N/c1-8-7-10-5-3-4-6-11(10)12-9(8)2/h3-7,9,12H,1-2H3. The summed E-state index contributed by atoms with van der Waals surface area (Å²) in [6.07, 6.45) is 2.25. The SMILES string of the molecule is CC1=Cc2ccccc2NC1C. The van der Waals surface area contributed by atoms with Gasteiger partial charge in [0.05, 0.1) is 0 Å². The van der Waals surface area contributed by atoms with Crippen molar-refractivity contribution in [3.8, 4) is 0 Å². The molecule has 62 valence electrons. The number of anilines is 1. The first-order valence-electron chi connectivity index (χ1n) is 4.31. The van der Waals surface area contributed by atoms with Gasteiger partial charge in [0, 0.05) is 11.7 Å². The van der Waals surface area contributed by atoms with Crippen molar-refractivity contribution in [3.63, 3.8) is 0 Å². The van der Waals surface area contributed by atoms with Gasteiger partial charge in [-0.05, 0) is 25.5 Å². The van der Waals surface area contributed by atoms with Crippen molar-refractivity contribution in [2.24, 2.45) is 0 Å². The fraction of sp³-hybridized carbons (Fsp3) is 0.273. The van der Waals surface area contributed by atoms with Crippen LogP contribution in [0.25, 0.3) is 6.08 Å². The maximum atomic E-state index is 3.44. The molecule has 12 heavy (non-hydrogen) atoms. The Labute approximate surface area is 73.1 Å². The Hall–Kier alpha value is -1.24. The van der Waals surface area contributed by atoms with Gasteiger partial charge in [-0.15, -0.1) is 0 Å². The number of benzene rings is 1. The van der Waals surface area contributed by atoms with Crippen LogP contribution in [0.4, 0.5) is 5.69 Å². The molecule has 1 unspecified atom stereocenters. The van der Waals surface area contributed by atoms with Crippen molar-refractivity contribution < 1.29 is 0 Å². The third-order valence-corrected chi connectivity index (χ3v) is 2.40. The minimum atomic E-state index is 0.472. The largest absolute Gasteiger partial charge is 0.378 e. The summed E-state index contributed by atoms with van der Waals surface area (Å²) in [5, 5.41) is 3.44. The highest BCUT2D eigenvalue weighted by molar-refractivity contribution is 5.72. The molecule has 0 aromatic heterocycles. The summed E-state index contributed by atoms with van der Waals surface area (Å²) in [7, 11) is 0. The lowest BCUT2D eigenvalue weighted by molar-refractivity contribution is 0.921. The lowest BCUT2D eigenvalue weighted by atomic mass is 10.0. The molecule has 1 N–H and O–H groups in total. The predicted octanol–water partition coefficient (Wildman–Crippen LogP) is 2.90. The molecule has 0 spiro atoms. The Bertz CT molecular complexity index is 326. The highest BCUT2D eigenvalue weighted by Crippen LogP contribution is 2.25. The average Bonchev–Trinajstić information content (AvgIpc) is 2.07. The number of hydrogen-bond acceptors (Lipinski definition) is 1. The third kappa shape index (κ3) is 1.11. The first-order chi connectivity index (χ1) is 5.77. The second-order valence-electron chi connectivity index (χ2n) is 3.34. The van der Waals surface area contributed by atoms with Crippen LogP contribution in [0.1, 0.15) is 19.4 Å². The van der Waals surface area contributed by atoms with Gasteiger partial charge in [-0.2, -0.15) is 0 Å². The summed E-state index contributed by atoms with van der Waals surface area (Å²) in [6, 6.07) is 8.86. The zero-order valence-corrected chi connectivity index (χ0v) is 7.46. The second-order valence-corrected chi connectivity index (χ2v) is 3.34. The van der Waals surface area contributed by atoms with Crippen LogP contribution in [-0.2, 0) is 0 Å². The number of fused-ring (bicyclic) bond motifs is 1. The molecule has 1 heteroatoms. The van der Waals surface area contributed by atoms with Crippen molar-refractivity contribution in [3.05, 3.63) is 35.4 Å². The fourth-order valence-corrected chi connectivity index (χ4v) is 1.47. The van der Waals surface area contributed by atoms with Gasteiger partial charge in [-0.25, -0.2) is 0 Å². The van der Waals surface area contributed by atoms with Gasteiger partial charge >= 0.3 is 0 Å². The summed E-state index contributed by atoms with van der Waals surface area (Å²) in [6.45, 7) is 4.34. The predicted molar refractivity (Wildman–Crippen MR) is 53.2 cm³/mol. The second kappa shape index (κ2) is 2.67. The van der Waals surface area contributed by atoms with Gasteiger partial charge in [0.25, 0.3) is 0 Å². The van der Waals surface area contributed by atoms with E-state index >= 15 is 0 Å². The van der Waals surface area contributed by atoms with Crippen LogP contribution in [0.5, 0.6) is 0 Å². The van der Waals surface area contributed by atoms with Crippen LogP contribution in [0.2, 0.25) is 0 Å². The Balaban J connectivity index is 2.49. The van der Waals surface area contributed by atoms with E-state index < -0.39 is 0 Å². The van der Waals surface area contributed by atoms with Gasteiger partial charge in [-0.1, -0.05) is 29.8 Å². The Kier molecular flexibility index (Phi) is 1.65. The summed E-state index contributed by atoms with van der Waals surface area (Å²) in [4.78, 5) is 0. The molecule has 0 fully saturated rings. The molecule has 1 aliphatic rings. The minimum Gasteiger partial charge on any atom is -0.378 e. The lowest BCUT2D eigenvalue weighted by Gasteiger charge is -2.22. The molecule has 2 rings (SSSR count). The van der Waals surface area contributed by atoms with Gasteiger partial charge < -0.3 is 5.32 Å². The van der Waals surface area contributed by atoms with Crippen molar-refractivity contribution in [2.45, 2.75) is 19.9 Å². The first kappa shape index (κ1) is 7.41. The Morgan fingerprint density at radius 1 is 1.25 bits per heavy atom. The molecule has 1 heterocycles. The fourth-order valence-electron chi connectivity index (χ4n) is 1.47. The van der Waals surface area contributed by atoms with E-state index in [9.17, 15) is 0 Å². The quantitative estimate of drug-likeness (QED) is 0.613. The van der Waals surface area contributed by atoms with Crippen LogP contribution in [0, 0.1) is 0 Å². The van der Waals surface area contributed by atoms with Gasteiger partial charge in [0.2, 0.25) is 0 Å². The maximum Gasteiger partial charge on any atom is 0.0446 e. The monoisotopic (exact) mass is 159 g/mol.